The van der Waals surface area contributed by atoms with E-state index >= 15 is 0 Å². The lowest BCUT2D eigenvalue weighted by Gasteiger charge is -2.10. The Morgan fingerprint density at radius 1 is 1.30 bits per heavy atom. The SMILES string of the molecule is CCC(C)SC[C@H](O)CC. The number of hydrogen-bond acceptors (Lipinski definition) is 2. The number of aliphatic hydroxyl groups is 1. The van der Waals surface area contributed by atoms with E-state index in [4.69, 9.17) is 0 Å². The fourth-order valence-electron chi connectivity index (χ4n) is 0.511. The minimum atomic E-state index is -0.0981. The summed E-state index contributed by atoms with van der Waals surface area (Å²) in [6.45, 7) is 6.39. The molecule has 0 amide bonds. The molecule has 10 heavy (non-hydrogen) atoms. The number of thioether (sulfide) groups is 1. The average molecular weight is 162 g/mol. The van der Waals surface area contributed by atoms with Crippen molar-refractivity contribution in [2.75, 3.05) is 5.75 Å². The zero-order valence-corrected chi connectivity index (χ0v) is 7.95. The second-order valence-corrected chi connectivity index (χ2v) is 4.09. The van der Waals surface area contributed by atoms with Gasteiger partial charge in [-0.25, -0.2) is 0 Å². The Hall–Kier alpha value is 0.310. The molecule has 2 heteroatoms. The van der Waals surface area contributed by atoms with Crippen molar-refractivity contribution in [3.8, 4) is 0 Å². The first-order valence-electron chi connectivity index (χ1n) is 4.00. The average Bonchev–Trinajstić information content (AvgIpc) is 1.99. The van der Waals surface area contributed by atoms with Crippen LogP contribution in [-0.4, -0.2) is 22.2 Å². The molecule has 0 aromatic heterocycles. The molecule has 0 heterocycles. The maximum absolute atomic E-state index is 9.18. The summed E-state index contributed by atoms with van der Waals surface area (Å²) >= 11 is 1.86. The Balaban J connectivity index is 3.17. The molecule has 1 nitrogen and oxygen atoms in total. The van der Waals surface area contributed by atoms with Gasteiger partial charge in [-0.05, 0) is 12.8 Å². The van der Waals surface area contributed by atoms with Gasteiger partial charge in [0.2, 0.25) is 0 Å². The molecule has 1 N–H and O–H groups in total. The van der Waals surface area contributed by atoms with Crippen molar-refractivity contribution in [1.29, 1.82) is 0 Å². The number of rotatable bonds is 5. The van der Waals surface area contributed by atoms with E-state index < -0.39 is 0 Å². The Morgan fingerprint density at radius 2 is 1.90 bits per heavy atom. The van der Waals surface area contributed by atoms with Crippen LogP contribution in [0.4, 0.5) is 0 Å². The second-order valence-electron chi connectivity index (χ2n) is 2.61. The molecule has 1 unspecified atom stereocenters. The molecule has 0 saturated carbocycles. The summed E-state index contributed by atoms with van der Waals surface area (Å²) in [6.07, 6.45) is 1.98. The van der Waals surface area contributed by atoms with Crippen molar-refractivity contribution in [2.45, 2.75) is 45.0 Å². The van der Waals surface area contributed by atoms with Gasteiger partial charge in [0, 0.05) is 11.0 Å². The van der Waals surface area contributed by atoms with Crippen LogP contribution in [0.3, 0.4) is 0 Å². The molecular weight excluding hydrogens is 144 g/mol. The summed E-state index contributed by atoms with van der Waals surface area (Å²) in [6, 6.07) is 0. The van der Waals surface area contributed by atoms with E-state index in [2.05, 4.69) is 13.8 Å². The second kappa shape index (κ2) is 6.05. The lowest BCUT2D eigenvalue weighted by atomic mass is 10.3. The zero-order chi connectivity index (χ0) is 7.98. The molecule has 62 valence electrons. The van der Waals surface area contributed by atoms with Crippen molar-refractivity contribution in [3.63, 3.8) is 0 Å². The highest BCUT2D eigenvalue weighted by atomic mass is 32.2. The van der Waals surface area contributed by atoms with Gasteiger partial charge in [0.25, 0.3) is 0 Å². The molecule has 0 aromatic carbocycles. The van der Waals surface area contributed by atoms with Crippen LogP contribution in [0.25, 0.3) is 0 Å². The van der Waals surface area contributed by atoms with Crippen molar-refractivity contribution < 1.29 is 5.11 Å². The van der Waals surface area contributed by atoms with Crippen LogP contribution >= 0.6 is 11.8 Å². The summed E-state index contributed by atoms with van der Waals surface area (Å²) in [7, 11) is 0. The maximum atomic E-state index is 9.18. The number of aliphatic hydroxyl groups excluding tert-OH is 1. The number of hydrogen-bond donors (Lipinski definition) is 1. The largest absolute Gasteiger partial charge is 0.392 e. The van der Waals surface area contributed by atoms with E-state index in [1.54, 1.807) is 0 Å². The molecule has 0 spiro atoms. The van der Waals surface area contributed by atoms with E-state index in [9.17, 15) is 5.11 Å². The van der Waals surface area contributed by atoms with Gasteiger partial charge >= 0.3 is 0 Å². The van der Waals surface area contributed by atoms with E-state index in [0.717, 1.165) is 12.2 Å². The highest BCUT2D eigenvalue weighted by molar-refractivity contribution is 7.99. The van der Waals surface area contributed by atoms with Gasteiger partial charge in [-0.2, -0.15) is 11.8 Å². The summed E-state index contributed by atoms with van der Waals surface area (Å²) < 4.78 is 0. The van der Waals surface area contributed by atoms with E-state index in [-0.39, 0.29) is 6.10 Å². The lowest BCUT2D eigenvalue weighted by molar-refractivity contribution is 0.195. The fraction of sp³-hybridized carbons (Fsp3) is 1.00. The first-order valence-corrected chi connectivity index (χ1v) is 5.05. The molecule has 0 aliphatic rings. The van der Waals surface area contributed by atoms with Crippen LogP contribution in [0.5, 0.6) is 0 Å². The van der Waals surface area contributed by atoms with Gasteiger partial charge in [0.05, 0.1) is 6.10 Å². The summed E-state index contributed by atoms with van der Waals surface area (Å²) in [5, 5.41) is 9.88. The third kappa shape index (κ3) is 5.12. The van der Waals surface area contributed by atoms with Gasteiger partial charge in [-0.3, -0.25) is 0 Å². The monoisotopic (exact) mass is 162 g/mol. The van der Waals surface area contributed by atoms with Crippen LogP contribution in [0, 0.1) is 0 Å². The van der Waals surface area contributed by atoms with Crippen LogP contribution < -0.4 is 0 Å². The third-order valence-electron chi connectivity index (χ3n) is 1.62. The predicted octanol–water partition coefficient (Wildman–Crippen LogP) is 2.29. The summed E-state index contributed by atoms with van der Waals surface area (Å²) in [4.78, 5) is 0. The van der Waals surface area contributed by atoms with Crippen molar-refractivity contribution in [1.82, 2.24) is 0 Å². The van der Waals surface area contributed by atoms with Gasteiger partial charge in [0.15, 0.2) is 0 Å². The lowest BCUT2D eigenvalue weighted by Crippen LogP contribution is -2.10. The van der Waals surface area contributed by atoms with Crippen molar-refractivity contribution in [3.05, 3.63) is 0 Å². The Kier molecular flexibility index (Phi) is 6.24. The van der Waals surface area contributed by atoms with Crippen LogP contribution in [0.1, 0.15) is 33.6 Å². The standard InChI is InChI=1S/C8H18OS/c1-4-7(3)10-6-8(9)5-2/h7-9H,4-6H2,1-3H3/t7?,8-/m1/s1. The minimum Gasteiger partial charge on any atom is -0.392 e. The van der Waals surface area contributed by atoms with Crippen LogP contribution in [0.15, 0.2) is 0 Å². The van der Waals surface area contributed by atoms with Crippen LogP contribution in [-0.2, 0) is 0 Å². The smallest absolute Gasteiger partial charge is 0.0628 e. The highest BCUT2D eigenvalue weighted by Crippen LogP contribution is 2.15. The molecule has 0 radical (unpaired) electrons. The quantitative estimate of drug-likeness (QED) is 0.669. The molecule has 0 saturated heterocycles. The molecule has 0 aromatic rings. The maximum Gasteiger partial charge on any atom is 0.0628 e. The van der Waals surface area contributed by atoms with Crippen molar-refractivity contribution >= 4 is 11.8 Å². The molecule has 2 atom stereocenters. The topological polar surface area (TPSA) is 20.2 Å². The predicted molar refractivity (Wildman–Crippen MR) is 48.5 cm³/mol. The van der Waals surface area contributed by atoms with E-state index in [1.165, 1.54) is 6.42 Å². The molecule has 0 rings (SSSR count). The van der Waals surface area contributed by atoms with E-state index in [0.29, 0.717) is 5.25 Å². The first-order chi connectivity index (χ1) is 4.70. The molecule has 0 aliphatic heterocycles. The summed E-state index contributed by atoms with van der Waals surface area (Å²) in [5.41, 5.74) is 0. The first kappa shape index (κ1) is 10.3. The normalized spacial score (nSPS) is 16.8. The van der Waals surface area contributed by atoms with Crippen molar-refractivity contribution in [2.24, 2.45) is 0 Å². The third-order valence-corrected chi connectivity index (χ3v) is 3.10. The minimum absolute atomic E-state index is 0.0981. The van der Waals surface area contributed by atoms with Gasteiger partial charge in [-0.15, -0.1) is 0 Å². The Bertz CT molecular complexity index is 65.7. The molecule has 0 bridgehead atoms. The molecule has 0 fully saturated rings. The molecule has 0 aliphatic carbocycles. The van der Waals surface area contributed by atoms with E-state index in [1.807, 2.05) is 18.7 Å². The molecular formula is C8H18OS. The highest BCUT2D eigenvalue weighted by Gasteiger charge is 2.03. The Labute approximate surface area is 68.2 Å². The summed E-state index contributed by atoms with van der Waals surface area (Å²) in [5.74, 6) is 0.894. The fourth-order valence-corrected chi connectivity index (χ4v) is 1.53. The Morgan fingerprint density at radius 3 is 2.30 bits per heavy atom. The van der Waals surface area contributed by atoms with Gasteiger partial charge in [0.1, 0.15) is 0 Å². The van der Waals surface area contributed by atoms with Gasteiger partial charge < -0.3 is 5.11 Å². The van der Waals surface area contributed by atoms with Crippen LogP contribution in [0.2, 0.25) is 0 Å². The zero-order valence-electron chi connectivity index (χ0n) is 7.13. The van der Waals surface area contributed by atoms with Gasteiger partial charge in [-0.1, -0.05) is 20.8 Å².